The van der Waals surface area contributed by atoms with Crippen molar-refractivity contribution in [3.05, 3.63) is 40.2 Å². The van der Waals surface area contributed by atoms with Gasteiger partial charge in [-0.25, -0.2) is 4.39 Å². The highest BCUT2D eigenvalue weighted by Crippen LogP contribution is 2.21. The zero-order chi connectivity index (χ0) is 12.6. The maximum absolute atomic E-state index is 13.3. The number of nitrogens with zero attached hydrogens (tertiary/aromatic N) is 2. The molecule has 17 heavy (non-hydrogen) atoms. The van der Waals surface area contributed by atoms with E-state index in [2.05, 4.69) is 10.2 Å². The van der Waals surface area contributed by atoms with Crippen molar-refractivity contribution in [3.8, 4) is 5.69 Å². The number of aryl methyl sites for hydroxylation is 1. The third-order valence-corrected chi connectivity index (χ3v) is 2.90. The van der Waals surface area contributed by atoms with E-state index < -0.39 is 0 Å². The van der Waals surface area contributed by atoms with Crippen molar-refractivity contribution in [1.82, 2.24) is 14.8 Å². The molecule has 3 nitrogen and oxygen atoms in total. The molecule has 2 aromatic rings. The molecule has 0 aliphatic carbocycles. The number of hydrogen-bond donors (Lipinski definition) is 1. The Morgan fingerprint density at radius 2 is 2.12 bits per heavy atom. The van der Waals surface area contributed by atoms with Gasteiger partial charge in [0.15, 0.2) is 4.77 Å². The highest BCUT2D eigenvalue weighted by molar-refractivity contribution is 7.71. The van der Waals surface area contributed by atoms with E-state index in [0.29, 0.717) is 4.77 Å². The fraction of sp³-hybridized carbons (Fsp3) is 0.333. The van der Waals surface area contributed by atoms with Crippen molar-refractivity contribution in [2.24, 2.45) is 0 Å². The minimum atomic E-state index is -0.275. The fourth-order valence-electron chi connectivity index (χ4n) is 1.75. The molecule has 0 spiro atoms. The van der Waals surface area contributed by atoms with Crippen LogP contribution in [0.2, 0.25) is 0 Å². The van der Waals surface area contributed by atoms with E-state index in [1.165, 1.54) is 12.1 Å². The summed E-state index contributed by atoms with van der Waals surface area (Å²) in [5, 5.41) is 6.94. The van der Waals surface area contributed by atoms with Gasteiger partial charge in [-0.3, -0.25) is 9.67 Å². The molecule has 0 saturated carbocycles. The number of nitrogens with one attached hydrogen (secondary N) is 1. The highest BCUT2D eigenvalue weighted by Gasteiger charge is 2.13. The van der Waals surface area contributed by atoms with E-state index in [4.69, 9.17) is 12.2 Å². The molecule has 0 saturated heterocycles. The second-order valence-electron chi connectivity index (χ2n) is 4.31. The van der Waals surface area contributed by atoms with E-state index in [1.807, 2.05) is 20.8 Å². The number of halogens is 1. The third-order valence-electron chi connectivity index (χ3n) is 2.63. The first-order valence-corrected chi connectivity index (χ1v) is 5.85. The zero-order valence-electron chi connectivity index (χ0n) is 9.99. The molecular weight excluding hydrogens is 237 g/mol. The molecule has 0 aliphatic heterocycles. The minimum absolute atomic E-state index is 0.214. The molecule has 5 heteroatoms. The van der Waals surface area contributed by atoms with Gasteiger partial charge in [-0.1, -0.05) is 19.9 Å². The SMILES string of the molecule is Cc1ccc(F)cc1-n1c(C(C)C)n[nH]c1=S. The molecule has 0 atom stereocenters. The standard InChI is InChI=1S/C12H14FN3S/c1-7(2)11-14-15-12(17)16(11)10-6-9(13)5-4-8(10)3/h4-7H,1-3H3,(H,15,17). The molecule has 1 heterocycles. The van der Waals surface area contributed by atoms with Gasteiger partial charge in [0, 0.05) is 5.92 Å². The van der Waals surface area contributed by atoms with Crippen molar-refractivity contribution in [1.29, 1.82) is 0 Å². The lowest BCUT2D eigenvalue weighted by atomic mass is 10.1. The van der Waals surface area contributed by atoms with Crippen LogP contribution in [0.3, 0.4) is 0 Å². The Labute approximate surface area is 104 Å². The lowest BCUT2D eigenvalue weighted by molar-refractivity contribution is 0.624. The van der Waals surface area contributed by atoms with Crippen molar-refractivity contribution in [3.63, 3.8) is 0 Å². The Hall–Kier alpha value is -1.49. The minimum Gasteiger partial charge on any atom is -0.272 e. The van der Waals surface area contributed by atoms with Gasteiger partial charge in [0.1, 0.15) is 11.6 Å². The van der Waals surface area contributed by atoms with Gasteiger partial charge in [0.25, 0.3) is 0 Å². The number of H-pyrrole nitrogens is 1. The van der Waals surface area contributed by atoms with Crippen LogP contribution in [0, 0.1) is 17.5 Å². The Balaban J connectivity index is 2.72. The lowest BCUT2D eigenvalue weighted by Crippen LogP contribution is -2.05. The molecule has 0 aliphatic rings. The molecule has 2 rings (SSSR count). The van der Waals surface area contributed by atoms with Crippen molar-refractivity contribution in [2.45, 2.75) is 26.7 Å². The number of rotatable bonds is 2. The smallest absolute Gasteiger partial charge is 0.199 e. The maximum atomic E-state index is 13.3. The lowest BCUT2D eigenvalue weighted by Gasteiger charge is -2.11. The van der Waals surface area contributed by atoms with Gasteiger partial charge < -0.3 is 0 Å². The molecule has 0 fully saturated rings. The first-order chi connectivity index (χ1) is 8.00. The van der Waals surface area contributed by atoms with Crippen molar-refractivity contribution < 1.29 is 4.39 Å². The molecule has 0 unspecified atom stereocenters. The summed E-state index contributed by atoms with van der Waals surface area (Å²) in [4.78, 5) is 0. The Bertz CT molecular complexity index is 598. The summed E-state index contributed by atoms with van der Waals surface area (Å²) in [6.45, 7) is 5.97. The molecule has 90 valence electrons. The van der Waals surface area contributed by atoms with Gasteiger partial charge >= 0.3 is 0 Å². The van der Waals surface area contributed by atoms with Gasteiger partial charge in [0.05, 0.1) is 5.69 Å². The van der Waals surface area contributed by atoms with E-state index >= 15 is 0 Å². The Morgan fingerprint density at radius 3 is 2.76 bits per heavy atom. The van der Waals surface area contributed by atoms with Crippen molar-refractivity contribution in [2.75, 3.05) is 0 Å². The summed E-state index contributed by atoms with van der Waals surface area (Å²) in [5.74, 6) is 0.748. The summed E-state index contributed by atoms with van der Waals surface area (Å²) < 4.78 is 15.6. The number of aromatic amines is 1. The highest BCUT2D eigenvalue weighted by atomic mass is 32.1. The van der Waals surface area contributed by atoms with E-state index in [9.17, 15) is 4.39 Å². The van der Waals surface area contributed by atoms with Gasteiger partial charge in [-0.2, -0.15) is 5.10 Å². The molecular formula is C12H14FN3S. The summed E-state index contributed by atoms with van der Waals surface area (Å²) in [7, 11) is 0. The first kappa shape index (κ1) is 12.0. The molecule has 1 N–H and O–H groups in total. The fourth-order valence-corrected chi connectivity index (χ4v) is 1.99. The molecule has 1 aromatic heterocycles. The van der Waals surface area contributed by atoms with Crippen LogP contribution in [0.1, 0.15) is 31.2 Å². The largest absolute Gasteiger partial charge is 0.272 e. The number of hydrogen-bond acceptors (Lipinski definition) is 2. The number of benzene rings is 1. The predicted molar refractivity (Wildman–Crippen MR) is 67.5 cm³/mol. The summed E-state index contributed by atoms with van der Waals surface area (Å²) in [6.07, 6.45) is 0. The van der Waals surface area contributed by atoms with E-state index in [0.717, 1.165) is 17.1 Å². The molecule has 0 bridgehead atoms. The Kier molecular flexibility index (Phi) is 3.11. The van der Waals surface area contributed by atoms with Crippen LogP contribution in [-0.4, -0.2) is 14.8 Å². The maximum Gasteiger partial charge on any atom is 0.199 e. The van der Waals surface area contributed by atoms with Crippen LogP contribution in [0.15, 0.2) is 18.2 Å². The summed E-state index contributed by atoms with van der Waals surface area (Å²) in [5.41, 5.74) is 1.71. The second kappa shape index (κ2) is 4.41. The number of aromatic nitrogens is 3. The average molecular weight is 251 g/mol. The summed E-state index contributed by atoms with van der Waals surface area (Å²) in [6, 6.07) is 4.66. The normalized spacial score (nSPS) is 11.1. The van der Waals surface area contributed by atoms with Crippen LogP contribution in [0.5, 0.6) is 0 Å². The third kappa shape index (κ3) is 2.15. The quantitative estimate of drug-likeness (QED) is 0.829. The van der Waals surface area contributed by atoms with Gasteiger partial charge in [0.2, 0.25) is 0 Å². The molecule has 0 amide bonds. The van der Waals surface area contributed by atoms with Crippen LogP contribution in [0.4, 0.5) is 4.39 Å². The van der Waals surface area contributed by atoms with Gasteiger partial charge in [-0.05, 0) is 36.8 Å². The monoisotopic (exact) mass is 251 g/mol. The molecule has 1 aromatic carbocycles. The second-order valence-corrected chi connectivity index (χ2v) is 4.69. The Morgan fingerprint density at radius 1 is 1.41 bits per heavy atom. The predicted octanol–water partition coefficient (Wildman–Crippen LogP) is 3.50. The van der Waals surface area contributed by atoms with E-state index in [1.54, 1.807) is 10.6 Å². The van der Waals surface area contributed by atoms with E-state index in [-0.39, 0.29) is 11.7 Å². The van der Waals surface area contributed by atoms with Crippen molar-refractivity contribution >= 4 is 12.2 Å². The zero-order valence-corrected chi connectivity index (χ0v) is 10.8. The van der Waals surface area contributed by atoms with Crippen LogP contribution in [-0.2, 0) is 0 Å². The topological polar surface area (TPSA) is 33.6 Å². The first-order valence-electron chi connectivity index (χ1n) is 5.44. The van der Waals surface area contributed by atoms with Crippen LogP contribution < -0.4 is 0 Å². The molecule has 0 radical (unpaired) electrons. The average Bonchev–Trinajstić information content (AvgIpc) is 2.64. The van der Waals surface area contributed by atoms with Crippen LogP contribution in [0.25, 0.3) is 5.69 Å². The van der Waals surface area contributed by atoms with Gasteiger partial charge in [-0.15, -0.1) is 0 Å². The van der Waals surface area contributed by atoms with Crippen LogP contribution >= 0.6 is 12.2 Å². The summed E-state index contributed by atoms with van der Waals surface area (Å²) >= 11 is 5.20.